The molecule has 1 aliphatic heterocycles. The summed E-state index contributed by atoms with van der Waals surface area (Å²) in [6, 6.07) is 18.2. The topological polar surface area (TPSA) is 157 Å². The fourth-order valence-corrected chi connectivity index (χ4v) is 4.19. The first-order chi connectivity index (χ1) is 18.5. The molecule has 0 bridgehead atoms. The minimum atomic E-state index is -1.40. The monoisotopic (exact) mass is 528 g/mol. The van der Waals surface area contributed by atoms with Gasteiger partial charge in [-0.15, -0.1) is 0 Å². The molecule has 1 aliphatic rings. The van der Waals surface area contributed by atoms with Crippen molar-refractivity contribution in [3.63, 3.8) is 0 Å². The molecule has 2 unspecified atom stereocenters. The van der Waals surface area contributed by atoms with Gasteiger partial charge in [0, 0.05) is 24.6 Å². The summed E-state index contributed by atoms with van der Waals surface area (Å²) in [5, 5.41) is 33.0. The van der Waals surface area contributed by atoms with Gasteiger partial charge in [0.15, 0.2) is 6.29 Å². The quantitative estimate of drug-likeness (QED) is 0.146. The van der Waals surface area contributed by atoms with Crippen molar-refractivity contribution in [2.24, 2.45) is 5.11 Å². The van der Waals surface area contributed by atoms with Crippen LogP contribution in [0.15, 0.2) is 65.8 Å². The predicted octanol–water partition coefficient (Wildman–Crippen LogP) is 3.52. The molecule has 1 fully saturated rings. The Morgan fingerprint density at radius 2 is 1.63 bits per heavy atom. The number of aliphatic hydroxyl groups is 3. The van der Waals surface area contributed by atoms with E-state index in [4.69, 9.17) is 19.7 Å². The van der Waals surface area contributed by atoms with Crippen LogP contribution in [0, 0.1) is 0 Å². The Kier molecular flexibility index (Phi) is 12.3. The van der Waals surface area contributed by atoms with E-state index in [-0.39, 0.29) is 19.3 Å². The highest BCUT2D eigenvalue weighted by atomic mass is 16.7. The van der Waals surface area contributed by atoms with E-state index < -0.39 is 37.3 Å². The smallest absolute Gasteiger partial charge is 0.410 e. The second-order valence-corrected chi connectivity index (χ2v) is 9.13. The van der Waals surface area contributed by atoms with E-state index in [1.54, 1.807) is 4.90 Å². The summed E-state index contributed by atoms with van der Waals surface area (Å²) >= 11 is 0. The van der Waals surface area contributed by atoms with Gasteiger partial charge in [0.05, 0.1) is 12.7 Å². The number of carbonyl (C=O) groups excluding carboxylic acids is 1. The van der Waals surface area contributed by atoms with Crippen LogP contribution in [0.4, 0.5) is 4.79 Å². The molecular formula is C27H36N4O7. The minimum Gasteiger partial charge on any atom is -0.445 e. The Bertz CT molecular complexity index is 1010. The Labute approximate surface area is 222 Å². The minimum absolute atomic E-state index is 0.214. The molecule has 0 saturated carbocycles. The zero-order valence-corrected chi connectivity index (χ0v) is 21.3. The second kappa shape index (κ2) is 15.9. The molecule has 206 valence electrons. The normalized spacial score (nSPS) is 22.9. The Hall–Kier alpha value is -3.18. The van der Waals surface area contributed by atoms with E-state index in [2.05, 4.69) is 10.0 Å². The van der Waals surface area contributed by atoms with Crippen LogP contribution in [0.1, 0.15) is 36.8 Å². The van der Waals surface area contributed by atoms with Gasteiger partial charge in [-0.3, -0.25) is 0 Å². The van der Waals surface area contributed by atoms with Gasteiger partial charge in [0.25, 0.3) is 0 Å². The lowest BCUT2D eigenvalue weighted by Gasteiger charge is -2.40. The molecule has 11 heteroatoms. The number of azide groups is 1. The molecule has 0 spiro atoms. The molecule has 38 heavy (non-hydrogen) atoms. The molecule has 11 nitrogen and oxygen atoms in total. The molecule has 1 amide bonds. The fraction of sp³-hybridized carbons (Fsp3) is 0.519. The molecule has 3 N–H and O–H groups in total. The van der Waals surface area contributed by atoms with Gasteiger partial charge in [-0.25, -0.2) is 4.79 Å². The van der Waals surface area contributed by atoms with Gasteiger partial charge in [-0.1, -0.05) is 78.6 Å². The maximum Gasteiger partial charge on any atom is 0.410 e. The van der Waals surface area contributed by atoms with Gasteiger partial charge >= 0.3 is 6.09 Å². The number of amides is 1. The molecular weight excluding hydrogens is 492 g/mol. The van der Waals surface area contributed by atoms with Crippen LogP contribution in [-0.4, -0.2) is 76.7 Å². The Balaban J connectivity index is 1.42. The summed E-state index contributed by atoms with van der Waals surface area (Å²) in [6.07, 6.45) is -2.15. The highest BCUT2D eigenvalue weighted by Gasteiger charge is 2.44. The van der Waals surface area contributed by atoms with Gasteiger partial charge < -0.3 is 34.4 Å². The van der Waals surface area contributed by atoms with Crippen LogP contribution in [0.2, 0.25) is 0 Å². The first-order valence-corrected chi connectivity index (χ1v) is 12.8. The number of hydrogen-bond acceptors (Lipinski definition) is 8. The van der Waals surface area contributed by atoms with E-state index >= 15 is 0 Å². The van der Waals surface area contributed by atoms with Crippen molar-refractivity contribution in [3.8, 4) is 0 Å². The van der Waals surface area contributed by atoms with E-state index in [1.165, 1.54) is 0 Å². The third kappa shape index (κ3) is 8.98. The van der Waals surface area contributed by atoms with E-state index in [9.17, 15) is 20.1 Å². The predicted molar refractivity (Wildman–Crippen MR) is 139 cm³/mol. The van der Waals surface area contributed by atoms with E-state index in [0.717, 1.165) is 30.4 Å². The SMILES string of the molecule is [N-]=[N+]=NC1[C@H](OCCCCCCN(Cc2ccccc2)C(=O)OCc2ccccc2)OC(CO)[C@H](O)[C@@H]1O. The van der Waals surface area contributed by atoms with Crippen LogP contribution < -0.4 is 0 Å². The van der Waals surface area contributed by atoms with Crippen molar-refractivity contribution in [1.82, 2.24) is 4.90 Å². The highest BCUT2D eigenvalue weighted by Crippen LogP contribution is 2.25. The molecule has 1 heterocycles. The molecule has 3 rings (SSSR count). The lowest BCUT2D eigenvalue weighted by Crippen LogP contribution is -2.58. The second-order valence-electron chi connectivity index (χ2n) is 9.13. The Morgan fingerprint density at radius 3 is 2.29 bits per heavy atom. The number of ether oxygens (including phenoxy) is 3. The standard InChI is InChI=1S/C27H36N4O7/c28-30-29-23-25(34)24(33)22(18-32)38-26(23)36-16-10-2-1-9-15-31(17-20-11-5-3-6-12-20)27(35)37-19-21-13-7-4-8-14-21/h3-8,11-14,22-26,32-34H,1-2,9-10,15-19H2/t22?,23?,24-,25+,26+/m0/s1. The lowest BCUT2D eigenvalue weighted by molar-refractivity contribution is -0.265. The lowest BCUT2D eigenvalue weighted by atomic mass is 9.98. The summed E-state index contributed by atoms with van der Waals surface area (Å²) < 4.78 is 16.7. The van der Waals surface area contributed by atoms with Crippen molar-refractivity contribution < 1.29 is 34.3 Å². The van der Waals surface area contributed by atoms with E-state index in [1.807, 2.05) is 60.7 Å². The summed E-state index contributed by atoms with van der Waals surface area (Å²) in [4.78, 5) is 17.2. The van der Waals surface area contributed by atoms with Gasteiger partial charge in [-0.2, -0.15) is 0 Å². The van der Waals surface area contributed by atoms with Gasteiger partial charge in [-0.05, 0) is 29.5 Å². The average Bonchev–Trinajstić information content (AvgIpc) is 2.95. The van der Waals surface area contributed by atoms with Crippen LogP contribution in [-0.2, 0) is 27.4 Å². The van der Waals surface area contributed by atoms with Crippen LogP contribution in [0.3, 0.4) is 0 Å². The first-order valence-electron chi connectivity index (χ1n) is 12.8. The highest BCUT2D eigenvalue weighted by molar-refractivity contribution is 5.67. The largest absolute Gasteiger partial charge is 0.445 e. The summed E-state index contributed by atoms with van der Waals surface area (Å²) in [6.45, 7) is 0.976. The molecule has 0 aromatic heterocycles. The summed E-state index contributed by atoms with van der Waals surface area (Å²) in [5.41, 5.74) is 10.7. The summed E-state index contributed by atoms with van der Waals surface area (Å²) in [7, 11) is 0. The third-order valence-corrected chi connectivity index (χ3v) is 6.32. The maximum absolute atomic E-state index is 12.8. The van der Waals surface area contributed by atoms with Crippen LogP contribution in [0.25, 0.3) is 10.4 Å². The zero-order valence-electron chi connectivity index (χ0n) is 21.3. The maximum atomic E-state index is 12.8. The van der Waals surface area contributed by atoms with Crippen molar-refractivity contribution in [1.29, 1.82) is 0 Å². The molecule has 1 saturated heterocycles. The number of nitrogens with zero attached hydrogens (tertiary/aromatic N) is 4. The number of rotatable bonds is 14. The average molecular weight is 529 g/mol. The Morgan fingerprint density at radius 1 is 0.974 bits per heavy atom. The first kappa shape index (κ1) is 29.4. The number of hydrogen-bond donors (Lipinski definition) is 3. The third-order valence-electron chi connectivity index (χ3n) is 6.32. The number of unbranched alkanes of at least 4 members (excludes halogenated alkanes) is 3. The number of benzene rings is 2. The number of aliphatic hydroxyl groups excluding tert-OH is 3. The van der Waals surface area contributed by atoms with Crippen LogP contribution >= 0.6 is 0 Å². The molecule has 0 radical (unpaired) electrons. The van der Waals surface area contributed by atoms with Crippen molar-refractivity contribution in [3.05, 3.63) is 82.2 Å². The van der Waals surface area contributed by atoms with E-state index in [0.29, 0.717) is 19.5 Å². The summed E-state index contributed by atoms with van der Waals surface area (Å²) in [5.74, 6) is 0. The number of carbonyl (C=O) groups is 1. The fourth-order valence-electron chi connectivity index (χ4n) is 4.19. The van der Waals surface area contributed by atoms with Gasteiger partial charge in [0.1, 0.15) is 24.9 Å². The molecule has 5 atom stereocenters. The van der Waals surface area contributed by atoms with Crippen molar-refractivity contribution >= 4 is 6.09 Å². The molecule has 0 aliphatic carbocycles. The van der Waals surface area contributed by atoms with Crippen LogP contribution in [0.5, 0.6) is 0 Å². The van der Waals surface area contributed by atoms with Crippen molar-refractivity contribution in [2.75, 3.05) is 19.8 Å². The van der Waals surface area contributed by atoms with Crippen molar-refractivity contribution in [2.45, 2.75) is 69.5 Å². The molecule has 2 aromatic rings. The van der Waals surface area contributed by atoms with Gasteiger partial charge in [0.2, 0.25) is 0 Å². The zero-order chi connectivity index (χ0) is 27.2. The molecule has 2 aromatic carbocycles.